The normalized spacial score (nSPS) is 23.0. The summed E-state index contributed by atoms with van der Waals surface area (Å²) in [5.41, 5.74) is 0.152. The molecule has 0 saturated heterocycles. The van der Waals surface area contributed by atoms with E-state index < -0.39 is 11.7 Å². The first-order chi connectivity index (χ1) is 12.1. The Hall–Kier alpha value is -1.24. The fraction of sp³-hybridized carbons (Fsp3) is 0.476. The van der Waals surface area contributed by atoms with Gasteiger partial charge in [-0.15, -0.1) is 11.3 Å². The Labute approximate surface area is 171 Å². The molecule has 0 spiro atoms. The molecule has 3 rings (SSSR count). The van der Waals surface area contributed by atoms with Crippen LogP contribution in [0.15, 0.2) is 35.1 Å². The van der Waals surface area contributed by atoms with Crippen molar-refractivity contribution in [3.8, 4) is 0 Å². The lowest BCUT2D eigenvalue weighted by Crippen LogP contribution is -3.00. The first-order valence-electron chi connectivity index (χ1n) is 8.99. The van der Waals surface area contributed by atoms with Crippen molar-refractivity contribution < 1.29 is 26.7 Å². The Morgan fingerprint density at radius 1 is 1.30 bits per heavy atom. The van der Waals surface area contributed by atoms with E-state index in [0.717, 1.165) is 20.5 Å². The van der Waals surface area contributed by atoms with Crippen LogP contribution in [0.1, 0.15) is 24.3 Å². The van der Waals surface area contributed by atoms with Gasteiger partial charge >= 0.3 is 0 Å². The van der Waals surface area contributed by atoms with E-state index in [9.17, 15) is 9.90 Å². The summed E-state index contributed by atoms with van der Waals surface area (Å²) < 4.78 is 7.93. The molecule has 1 aromatic carbocycles. The first kappa shape index (κ1) is 22.1. The predicted molar refractivity (Wildman–Crippen MR) is 109 cm³/mol. The van der Waals surface area contributed by atoms with Crippen molar-refractivity contribution in [3.05, 3.63) is 51.0 Å². The number of benzene rings is 1. The standard InChI is InChI=1S/C21H28NO3S.ClH/c1-14-10-11-17-19(24)16-8-6-7-9-18(16)26-20(17)21(14,2)25-13-15(23)12-22(3,4)5;/h6-11,14-15,23H,12-13H2,1-5H3;1H/q+1;/p-1. The van der Waals surface area contributed by atoms with Crippen molar-refractivity contribution >= 4 is 27.5 Å². The number of likely N-dealkylation sites (N-methyl/N-ethyl adjacent to an activating group) is 1. The van der Waals surface area contributed by atoms with Crippen molar-refractivity contribution in [2.75, 3.05) is 34.3 Å². The Bertz CT molecular complexity index is 902. The van der Waals surface area contributed by atoms with Crippen LogP contribution < -0.4 is 17.8 Å². The molecule has 0 aliphatic heterocycles. The van der Waals surface area contributed by atoms with Gasteiger partial charge in [-0.05, 0) is 19.1 Å². The number of quaternary nitrogens is 1. The minimum absolute atomic E-state index is 0. The van der Waals surface area contributed by atoms with Crippen LogP contribution in [0.25, 0.3) is 16.2 Å². The lowest BCUT2D eigenvalue weighted by molar-refractivity contribution is -0.873. The van der Waals surface area contributed by atoms with Gasteiger partial charge in [-0.2, -0.15) is 0 Å². The maximum Gasteiger partial charge on any atom is 0.195 e. The minimum Gasteiger partial charge on any atom is -1.00 e. The summed E-state index contributed by atoms with van der Waals surface area (Å²) in [7, 11) is 6.14. The van der Waals surface area contributed by atoms with Gasteiger partial charge in [0.25, 0.3) is 0 Å². The molecule has 1 heterocycles. The molecule has 0 radical (unpaired) electrons. The van der Waals surface area contributed by atoms with E-state index in [2.05, 4.69) is 6.92 Å². The second-order valence-corrected chi connectivity index (χ2v) is 9.41. The lowest BCUT2D eigenvalue weighted by atomic mass is 9.82. The Morgan fingerprint density at radius 2 is 1.96 bits per heavy atom. The highest BCUT2D eigenvalue weighted by Gasteiger charge is 2.39. The molecule has 2 aromatic rings. The summed E-state index contributed by atoms with van der Waals surface area (Å²) in [5.74, 6) is 0.114. The summed E-state index contributed by atoms with van der Waals surface area (Å²) in [4.78, 5) is 13.9. The van der Waals surface area contributed by atoms with Gasteiger partial charge < -0.3 is 26.7 Å². The first-order valence-corrected chi connectivity index (χ1v) is 9.80. The van der Waals surface area contributed by atoms with Gasteiger partial charge in [0.05, 0.1) is 27.7 Å². The van der Waals surface area contributed by atoms with E-state index in [1.54, 1.807) is 11.3 Å². The minimum atomic E-state index is -0.621. The van der Waals surface area contributed by atoms with E-state index in [-0.39, 0.29) is 30.4 Å². The van der Waals surface area contributed by atoms with Crippen LogP contribution in [0, 0.1) is 5.92 Å². The lowest BCUT2D eigenvalue weighted by Gasteiger charge is -2.38. The topological polar surface area (TPSA) is 46.5 Å². The van der Waals surface area contributed by atoms with Crippen LogP contribution in [-0.2, 0) is 10.3 Å². The number of nitrogens with zero attached hydrogens (tertiary/aromatic N) is 1. The third-order valence-electron chi connectivity index (χ3n) is 5.04. The molecule has 3 unspecified atom stereocenters. The number of halogens is 1. The van der Waals surface area contributed by atoms with Crippen LogP contribution in [-0.4, -0.2) is 50.0 Å². The molecule has 0 amide bonds. The number of aliphatic hydroxyl groups excluding tert-OH is 1. The molecule has 4 nitrogen and oxygen atoms in total. The van der Waals surface area contributed by atoms with Crippen molar-refractivity contribution in [1.82, 2.24) is 0 Å². The van der Waals surface area contributed by atoms with Crippen LogP contribution in [0.4, 0.5) is 0 Å². The monoisotopic (exact) mass is 409 g/mol. The maximum absolute atomic E-state index is 12.9. The van der Waals surface area contributed by atoms with Crippen molar-refractivity contribution in [2.45, 2.75) is 25.6 Å². The maximum atomic E-state index is 12.9. The zero-order chi connectivity index (χ0) is 19.1. The van der Waals surface area contributed by atoms with Crippen LogP contribution >= 0.6 is 11.3 Å². The molecule has 148 valence electrons. The van der Waals surface area contributed by atoms with Gasteiger partial charge in [0, 0.05) is 26.4 Å². The van der Waals surface area contributed by atoms with E-state index in [1.807, 2.05) is 64.5 Å². The Morgan fingerprint density at radius 3 is 2.63 bits per heavy atom. The largest absolute Gasteiger partial charge is 1.00 e. The highest BCUT2D eigenvalue weighted by atomic mass is 35.5. The van der Waals surface area contributed by atoms with E-state index in [1.165, 1.54) is 0 Å². The van der Waals surface area contributed by atoms with Gasteiger partial charge in [0.1, 0.15) is 18.2 Å². The van der Waals surface area contributed by atoms with Gasteiger partial charge in [-0.1, -0.05) is 31.2 Å². The van der Waals surface area contributed by atoms with Gasteiger partial charge in [-0.25, -0.2) is 0 Å². The van der Waals surface area contributed by atoms with Gasteiger partial charge in [0.15, 0.2) is 5.43 Å². The van der Waals surface area contributed by atoms with Gasteiger partial charge in [-0.3, -0.25) is 4.79 Å². The highest BCUT2D eigenvalue weighted by molar-refractivity contribution is 7.18. The summed E-state index contributed by atoms with van der Waals surface area (Å²) in [6.45, 7) is 4.99. The second kappa shape index (κ2) is 8.02. The summed E-state index contributed by atoms with van der Waals surface area (Å²) in [6.07, 6.45) is 3.42. The van der Waals surface area contributed by atoms with E-state index in [4.69, 9.17) is 4.74 Å². The summed E-state index contributed by atoms with van der Waals surface area (Å²) >= 11 is 1.62. The molecule has 0 fully saturated rings. The number of ether oxygens (including phenoxy) is 1. The van der Waals surface area contributed by atoms with Crippen molar-refractivity contribution in [1.29, 1.82) is 0 Å². The predicted octanol–water partition coefficient (Wildman–Crippen LogP) is 0.227. The molecule has 1 N–H and O–H groups in total. The molecule has 1 aliphatic rings. The fourth-order valence-corrected chi connectivity index (χ4v) is 4.81. The van der Waals surface area contributed by atoms with E-state index >= 15 is 0 Å². The molecular weight excluding hydrogens is 382 g/mol. The van der Waals surface area contributed by atoms with Crippen LogP contribution in [0.2, 0.25) is 0 Å². The number of fused-ring (bicyclic) bond motifs is 2. The molecular formula is C21H28ClNO3S. The van der Waals surface area contributed by atoms with Crippen molar-refractivity contribution in [2.24, 2.45) is 5.92 Å². The third-order valence-corrected chi connectivity index (χ3v) is 6.44. The molecule has 1 aliphatic carbocycles. The number of aliphatic hydroxyl groups is 1. The van der Waals surface area contributed by atoms with Crippen LogP contribution in [0.3, 0.4) is 0 Å². The Kier molecular flexibility index (Phi) is 6.55. The zero-order valence-corrected chi connectivity index (χ0v) is 18.1. The highest BCUT2D eigenvalue weighted by Crippen LogP contribution is 2.43. The van der Waals surface area contributed by atoms with Crippen molar-refractivity contribution in [3.63, 3.8) is 0 Å². The van der Waals surface area contributed by atoms with Crippen LogP contribution in [0.5, 0.6) is 0 Å². The second-order valence-electron chi connectivity index (χ2n) is 8.36. The molecule has 6 heteroatoms. The molecule has 3 atom stereocenters. The smallest absolute Gasteiger partial charge is 0.195 e. The Balaban J connectivity index is 0.00000261. The summed E-state index contributed by atoms with van der Waals surface area (Å²) in [6, 6.07) is 7.71. The third kappa shape index (κ3) is 4.44. The summed E-state index contributed by atoms with van der Waals surface area (Å²) in [5, 5.41) is 11.1. The fourth-order valence-electron chi connectivity index (χ4n) is 3.46. The molecule has 0 saturated carbocycles. The molecule has 0 bridgehead atoms. The molecule has 27 heavy (non-hydrogen) atoms. The zero-order valence-electron chi connectivity index (χ0n) is 16.5. The average Bonchev–Trinajstić information content (AvgIpc) is 2.56. The molecule has 1 aromatic heterocycles. The van der Waals surface area contributed by atoms with E-state index in [0.29, 0.717) is 11.0 Å². The SMILES string of the molecule is CC1C=Cc2c(sc3ccccc3c2=O)C1(C)OCC(O)C[N+](C)(C)C.[Cl-]. The number of hydrogen-bond donors (Lipinski definition) is 1. The van der Waals surface area contributed by atoms with Gasteiger partial charge in [0.2, 0.25) is 0 Å². The average molecular weight is 410 g/mol. The number of hydrogen-bond acceptors (Lipinski definition) is 4. The number of rotatable bonds is 5. The quantitative estimate of drug-likeness (QED) is 0.719.